The zero-order valence-electron chi connectivity index (χ0n) is 15.1. The highest BCUT2D eigenvalue weighted by molar-refractivity contribution is 7.14. The van der Waals surface area contributed by atoms with E-state index in [2.05, 4.69) is 20.5 Å². The van der Waals surface area contributed by atoms with E-state index in [1.165, 1.54) is 23.6 Å². The van der Waals surface area contributed by atoms with Crippen molar-refractivity contribution in [3.05, 3.63) is 94.0 Å². The van der Waals surface area contributed by atoms with E-state index in [4.69, 9.17) is 0 Å². The van der Waals surface area contributed by atoms with Crippen LogP contribution in [-0.4, -0.2) is 21.1 Å². The second-order valence-corrected chi connectivity index (χ2v) is 6.91. The van der Waals surface area contributed by atoms with Crippen LogP contribution in [0.2, 0.25) is 0 Å². The van der Waals surface area contributed by atoms with Gasteiger partial charge in [0.2, 0.25) is 5.13 Å². The molecule has 8 heteroatoms. The number of hydrogen-bond donors (Lipinski definition) is 1. The normalized spacial score (nSPS) is 10.9. The summed E-state index contributed by atoms with van der Waals surface area (Å²) in [4.78, 5) is 18.9. The Hall–Kier alpha value is -3.91. The molecule has 0 fully saturated rings. The average molecular weight is 401 g/mol. The van der Waals surface area contributed by atoms with Gasteiger partial charge in [0.15, 0.2) is 0 Å². The van der Waals surface area contributed by atoms with E-state index < -0.39 is 4.92 Å². The first kappa shape index (κ1) is 18.5. The molecule has 0 bridgehead atoms. The lowest BCUT2D eigenvalue weighted by Crippen LogP contribution is -1.91. The van der Waals surface area contributed by atoms with Crippen LogP contribution in [0, 0.1) is 10.1 Å². The minimum atomic E-state index is -0.464. The maximum absolute atomic E-state index is 10.7. The summed E-state index contributed by atoms with van der Waals surface area (Å²) in [5.74, 6) is 0. The summed E-state index contributed by atoms with van der Waals surface area (Å²) in [5.41, 5.74) is 7.35. The van der Waals surface area contributed by atoms with Gasteiger partial charge in [0.05, 0.1) is 22.5 Å². The van der Waals surface area contributed by atoms with E-state index in [9.17, 15) is 10.1 Å². The van der Waals surface area contributed by atoms with Crippen LogP contribution >= 0.6 is 11.3 Å². The lowest BCUT2D eigenvalue weighted by molar-refractivity contribution is -0.385. The molecule has 29 heavy (non-hydrogen) atoms. The first-order chi connectivity index (χ1) is 14.2. The minimum Gasteiger partial charge on any atom is -0.258 e. The maximum Gasteiger partial charge on any atom is 0.287 e. The number of aromatic nitrogens is 2. The van der Waals surface area contributed by atoms with Crippen LogP contribution < -0.4 is 5.43 Å². The minimum absolute atomic E-state index is 0.0267. The molecule has 0 saturated heterocycles. The van der Waals surface area contributed by atoms with Crippen LogP contribution in [0.1, 0.15) is 5.56 Å². The fraction of sp³-hybridized carbons (Fsp3) is 0. The molecule has 0 aliphatic carbocycles. The van der Waals surface area contributed by atoms with Crippen molar-refractivity contribution in [3.8, 4) is 22.5 Å². The molecule has 4 rings (SSSR count). The quantitative estimate of drug-likeness (QED) is 0.271. The third-order valence-electron chi connectivity index (χ3n) is 4.11. The Labute approximate surface area is 170 Å². The third-order valence-corrected chi connectivity index (χ3v) is 4.86. The van der Waals surface area contributed by atoms with Gasteiger partial charge in [-0.2, -0.15) is 5.10 Å². The standard InChI is InChI=1S/C21H15N5O2S/c27-26(28)18-10-11-19(22-13-18)17-8-6-15(7-9-17)12-23-25-21-24-20(14-29-21)16-4-2-1-3-5-16/h1-14H,(H,24,25). The second kappa shape index (κ2) is 8.41. The number of nitrogens with one attached hydrogen (secondary N) is 1. The van der Waals surface area contributed by atoms with Crippen molar-refractivity contribution in [1.29, 1.82) is 0 Å². The van der Waals surface area contributed by atoms with E-state index in [1.807, 2.05) is 60.0 Å². The maximum atomic E-state index is 10.7. The Bertz CT molecular complexity index is 1140. The van der Waals surface area contributed by atoms with Gasteiger partial charge in [-0.1, -0.05) is 54.6 Å². The average Bonchev–Trinajstić information content (AvgIpc) is 3.24. The van der Waals surface area contributed by atoms with Crippen molar-refractivity contribution in [2.75, 3.05) is 5.43 Å². The van der Waals surface area contributed by atoms with Crippen molar-refractivity contribution in [3.63, 3.8) is 0 Å². The molecule has 0 unspecified atom stereocenters. The van der Waals surface area contributed by atoms with Gasteiger partial charge in [0, 0.05) is 22.6 Å². The first-order valence-corrected chi connectivity index (χ1v) is 9.58. The topological polar surface area (TPSA) is 93.3 Å². The van der Waals surface area contributed by atoms with Crippen LogP contribution in [0.15, 0.2) is 83.4 Å². The monoisotopic (exact) mass is 401 g/mol. The molecular formula is C21H15N5O2S. The van der Waals surface area contributed by atoms with Gasteiger partial charge in [0.25, 0.3) is 5.69 Å². The van der Waals surface area contributed by atoms with Crippen molar-refractivity contribution in [1.82, 2.24) is 9.97 Å². The highest BCUT2D eigenvalue weighted by atomic mass is 32.1. The van der Waals surface area contributed by atoms with E-state index in [0.29, 0.717) is 10.8 Å². The van der Waals surface area contributed by atoms with Crippen LogP contribution in [0.25, 0.3) is 22.5 Å². The summed E-state index contributed by atoms with van der Waals surface area (Å²) in [6.07, 6.45) is 2.96. The molecule has 142 valence electrons. The van der Waals surface area contributed by atoms with Crippen LogP contribution in [0.5, 0.6) is 0 Å². The molecule has 0 aliphatic rings. The van der Waals surface area contributed by atoms with Crippen LogP contribution in [0.3, 0.4) is 0 Å². The molecule has 2 heterocycles. The zero-order chi connectivity index (χ0) is 20.1. The molecule has 0 radical (unpaired) electrons. The van der Waals surface area contributed by atoms with Crippen molar-refractivity contribution < 1.29 is 4.92 Å². The molecule has 7 nitrogen and oxygen atoms in total. The Kier molecular flexibility index (Phi) is 5.35. The first-order valence-electron chi connectivity index (χ1n) is 8.70. The molecule has 0 aliphatic heterocycles. The van der Waals surface area contributed by atoms with Crippen LogP contribution in [-0.2, 0) is 0 Å². The summed E-state index contributed by atoms with van der Waals surface area (Å²) < 4.78 is 0. The fourth-order valence-corrected chi connectivity index (χ4v) is 3.30. The molecule has 0 saturated carbocycles. The van der Waals surface area contributed by atoms with Gasteiger partial charge in [0.1, 0.15) is 6.20 Å². The van der Waals surface area contributed by atoms with E-state index in [1.54, 1.807) is 12.3 Å². The molecule has 0 atom stereocenters. The van der Waals surface area contributed by atoms with E-state index >= 15 is 0 Å². The molecule has 2 aromatic heterocycles. The van der Waals surface area contributed by atoms with Crippen LogP contribution in [0.4, 0.5) is 10.8 Å². The smallest absolute Gasteiger partial charge is 0.258 e. The molecular weight excluding hydrogens is 386 g/mol. The van der Waals surface area contributed by atoms with Crippen molar-refractivity contribution in [2.45, 2.75) is 0 Å². The second-order valence-electron chi connectivity index (χ2n) is 6.05. The number of thiazole rings is 1. The molecule has 0 spiro atoms. The highest BCUT2D eigenvalue weighted by Crippen LogP contribution is 2.24. The Morgan fingerprint density at radius 2 is 1.72 bits per heavy atom. The van der Waals surface area contributed by atoms with Gasteiger partial charge >= 0.3 is 0 Å². The van der Waals surface area contributed by atoms with Gasteiger partial charge in [-0.25, -0.2) is 9.97 Å². The molecule has 0 amide bonds. The van der Waals surface area contributed by atoms with Crippen molar-refractivity contribution in [2.24, 2.45) is 5.10 Å². The lowest BCUT2D eigenvalue weighted by Gasteiger charge is -2.01. The number of nitro groups is 1. The number of anilines is 1. The summed E-state index contributed by atoms with van der Waals surface area (Å²) in [6, 6.07) is 20.6. The number of hydrogen-bond acceptors (Lipinski definition) is 7. The Balaban J connectivity index is 1.39. The van der Waals surface area contributed by atoms with Gasteiger partial charge in [-0.3, -0.25) is 15.5 Å². The van der Waals surface area contributed by atoms with Gasteiger partial charge in [-0.05, 0) is 11.6 Å². The van der Waals surface area contributed by atoms with E-state index in [-0.39, 0.29) is 5.69 Å². The number of rotatable bonds is 6. The number of benzene rings is 2. The summed E-state index contributed by atoms with van der Waals surface area (Å²) in [5, 5.41) is 17.6. The summed E-state index contributed by atoms with van der Waals surface area (Å²) in [6.45, 7) is 0. The number of pyridine rings is 1. The SMILES string of the molecule is O=[N+]([O-])c1ccc(-c2ccc(C=NNc3nc(-c4ccccc4)cs3)cc2)nc1. The van der Waals surface area contributed by atoms with Crippen molar-refractivity contribution >= 4 is 28.4 Å². The summed E-state index contributed by atoms with van der Waals surface area (Å²) in [7, 11) is 0. The predicted molar refractivity (Wildman–Crippen MR) is 115 cm³/mol. The number of hydrazone groups is 1. The van der Waals surface area contributed by atoms with Gasteiger partial charge in [-0.15, -0.1) is 11.3 Å². The molecule has 1 N–H and O–H groups in total. The summed E-state index contributed by atoms with van der Waals surface area (Å²) >= 11 is 1.49. The van der Waals surface area contributed by atoms with Gasteiger partial charge < -0.3 is 0 Å². The highest BCUT2D eigenvalue weighted by Gasteiger charge is 2.06. The number of nitrogens with zero attached hydrogens (tertiary/aromatic N) is 4. The predicted octanol–water partition coefficient (Wildman–Crippen LogP) is 5.23. The third kappa shape index (κ3) is 4.50. The van der Waals surface area contributed by atoms with E-state index in [0.717, 1.165) is 22.4 Å². The largest absolute Gasteiger partial charge is 0.287 e. The zero-order valence-corrected chi connectivity index (χ0v) is 15.9. The lowest BCUT2D eigenvalue weighted by atomic mass is 10.1. The Morgan fingerprint density at radius 1 is 0.966 bits per heavy atom. The molecule has 2 aromatic carbocycles. The fourth-order valence-electron chi connectivity index (χ4n) is 2.63. The molecule has 4 aromatic rings. The Morgan fingerprint density at radius 3 is 2.41 bits per heavy atom.